The Labute approximate surface area is 146 Å². The van der Waals surface area contributed by atoms with Gasteiger partial charge < -0.3 is 20.7 Å². The van der Waals surface area contributed by atoms with Crippen LogP contribution in [0.25, 0.3) is 0 Å². The SMILES string of the molecule is Cc1ccc(Nc2ccc(NCCNC(=O)[C@H]3CCCO3)nn2)nc1. The van der Waals surface area contributed by atoms with Crippen molar-refractivity contribution in [3.05, 3.63) is 36.0 Å². The number of amides is 1. The van der Waals surface area contributed by atoms with Gasteiger partial charge in [0.25, 0.3) is 0 Å². The van der Waals surface area contributed by atoms with E-state index in [1.54, 1.807) is 6.20 Å². The average Bonchev–Trinajstić information content (AvgIpc) is 3.17. The van der Waals surface area contributed by atoms with Crippen LogP contribution in [-0.2, 0) is 9.53 Å². The van der Waals surface area contributed by atoms with Gasteiger partial charge in [0.15, 0.2) is 5.82 Å². The van der Waals surface area contributed by atoms with Gasteiger partial charge in [-0.3, -0.25) is 4.79 Å². The summed E-state index contributed by atoms with van der Waals surface area (Å²) in [7, 11) is 0. The van der Waals surface area contributed by atoms with E-state index in [0.717, 1.165) is 24.2 Å². The Morgan fingerprint density at radius 2 is 1.96 bits per heavy atom. The summed E-state index contributed by atoms with van der Waals surface area (Å²) in [5.74, 6) is 1.94. The van der Waals surface area contributed by atoms with Crippen LogP contribution in [0.4, 0.5) is 17.5 Å². The van der Waals surface area contributed by atoms with Gasteiger partial charge in [-0.05, 0) is 43.5 Å². The monoisotopic (exact) mass is 342 g/mol. The Hall–Kier alpha value is -2.74. The molecule has 1 aliphatic heterocycles. The van der Waals surface area contributed by atoms with Gasteiger partial charge in [-0.25, -0.2) is 4.98 Å². The van der Waals surface area contributed by atoms with Crippen molar-refractivity contribution < 1.29 is 9.53 Å². The normalized spacial score (nSPS) is 16.4. The molecule has 1 fully saturated rings. The summed E-state index contributed by atoms with van der Waals surface area (Å²) >= 11 is 0. The van der Waals surface area contributed by atoms with Crippen LogP contribution >= 0.6 is 0 Å². The van der Waals surface area contributed by atoms with Crippen LogP contribution in [0.2, 0.25) is 0 Å². The molecular formula is C17H22N6O2. The molecule has 2 aromatic rings. The molecule has 0 radical (unpaired) electrons. The lowest BCUT2D eigenvalue weighted by molar-refractivity contribution is -0.129. The maximum Gasteiger partial charge on any atom is 0.249 e. The third-order valence-electron chi connectivity index (χ3n) is 3.78. The molecule has 25 heavy (non-hydrogen) atoms. The van der Waals surface area contributed by atoms with Gasteiger partial charge >= 0.3 is 0 Å². The number of nitrogens with one attached hydrogen (secondary N) is 3. The topological polar surface area (TPSA) is 101 Å². The summed E-state index contributed by atoms with van der Waals surface area (Å²) in [6.45, 7) is 3.73. The number of hydrogen-bond donors (Lipinski definition) is 3. The fraction of sp³-hybridized carbons (Fsp3) is 0.412. The Morgan fingerprint density at radius 1 is 1.16 bits per heavy atom. The van der Waals surface area contributed by atoms with E-state index < -0.39 is 0 Å². The number of pyridine rings is 1. The smallest absolute Gasteiger partial charge is 0.249 e. The third kappa shape index (κ3) is 5.12. The van der Waals surface area contributed by atoms with Gasteiger partial charge in [0.05, 0.1) is 0 Å². The number of ether oxygens (including phenoxy) is 1. The van der Waals surface area contributed by atoms with Crippen LogP contribution in [0.5, 0.6) is 0 Å². The highest BCUT2D eigenvalue weighted by atomic mass is 16.5. The summed E-state index contributed by atoms with van der Waals surface area (Å²) in [6, 6.07) is 7.51. The molecule has 1 saturated heterocycles. The van der Waals surface area contributed by atoms with Crippen molar-refractivity contribution in [3.8, 4) is 0 Å². The largest absolute Gasteiger partial charge is 0.368 e. The molecule has 1 atom stereocenters. The van der Waals surface area contributed by atoms with E-state index in [2.05, 4.69) is 31.1 Å². The van der Waals surface area contributed by atoms with Crippen LogP contribution < -0.4 is 16.0 Å². The summed E-state index contributed by atoms with van der Waals surface area (Å²) in [4.78, 5) is 16.1. The number of rotatable bonds is 7. The lowest BCUT2D eigenvalue weighted by Gasteiger charge is -2.11. The van der Waals surface area contributed by atoms with E-state index in [9.17, 15) is 4.79 Å². The number of aromatic nitrogens is 3. The summed E-state index contributed by atoms with van der Waals surface area (Å²) in [5.41, 5.74) is 1.10. The van der Waals surface area contributed by atoms with E-state index in [-0.39, 0.29) is 12.0 Å². The maximum absolute atomic E-state index is 11.8. The molecule has 3 N–H and O–H groups in total. The van der Waals surface area contributed by atoms with Gasteiger partial charge in [-0.1, -0.05) is 6.07 Å². The second kappa shape index (κ2) is 8.39. The Kier molecular flexibility index (Phi) is 5.73. The number of nitrogens with zero attached hydrogens (tertiary/aromatic N) is 3. The van der Waals surface area contributed by atoms with E-state index >= 15 is 0 Å². The highest BCUT2D eigenvalue weighted by Gasteiger charge is 2.22. The molecule has 8 nitrogen and oxygen atoms in total. The average molecular weight is 342 g/mol. The van der Waals surface area contributed by atoms with Crippen LogP contribution in [0, 0.1) is 6.92 Å². The Bertz CT molecular complexity index is 683. The number of anilines is 3. The molecule has 0 aromatic carbocycles. The standard InChI is InChI=1S/C17H22N6O2/c1-12-4-5-14(20-11-12)21-16-7-6-15(22-23-16)18-8-9-19-17(24)13-3-2-10-25-13/h4-7,11,13H,2-3,8-10H2,1H3,(H,18,22)(H,19,24)(H,20,21,23)/t13-/m1/s1. The third-order valence-corrected chi connectivity index (χ3v) is 3.78. The Balaban J connectivity index is 1.40. The molecule has 8 heteroatoms. The number of carbonyl (C=O) groups excluding carboxylic acids is 1. The first-order chi connectivity index (χ1) is 12.2. The zero-order valence-corrected chi connectivity index (χ0v) is 14.2. The minimum Gasteiger partial charge on any atom is -0.368 e. The maximum atomic E-state index is 11.8. The van der Waals surface area contributed by atoms with Gasteiger partial charge in [0.2, 0.25) is 5.91 Å². The predicted molar refractivity (Wildman–Crippen MR) is 94.8 cm³/mol. The molecule has 1 aliphatic rings. The quantitative estimate of drug-likeness (QED) is 0.657. The van der Waals surface area contributed by atoms with Crippen molar-refractivity contribution >= 4 is 23.4 Å². The molecule has 0 aliphatic carbocycles. The molecule has 2 aromatic heterocycles. The fourth-order valence-electron chi connectivity index (χ4n) is 2.44. The summed E-state index contributed by atoms with van der Waals surface area (Å²) in [5, 5.41) is 17.3. The minimum absolute atomic E-state index is 0.0458. The zero-order chi connectivity index (χ0) is 17.5. The van der Waals surface area contributed by atoms with Crippen LogP contribution in [0.1, 0.15) is 18.4 Å². The van der Waals surface area contributed by atoms with Gasteiger partial charge in [-0.15, -0.1) is 10.2 Å². The van der Waals surface area contributed by atoms with Crippen molar-refractivity contribution in [3.63, 3.8) is 0 Å². The van der Waals surface area contributed by atoms with Crippen molar-refractivity contribution in [2.45, 2.75) is 25.9 Å². The molecule has 0 spiro atoms. The molecule has 3 rings (SSSR count). The number of hydrogen-bond acceptors (Lipinski definition) is 7. The van der Waals surface area contributed by atoms with E-state index in [1.807, 2.05) is 31.2 Å². The van der Waals surface area contributed by atoms with Crippen molar-refractivity contribution in [1.29, 1.82) is 0 Å². The minimum atomic E-state index is -0.291. The van der Waals surface area contributed by atoms with E-state index in [1.165, 1.54) is 0 Å². The predicted octanol–water partition coefficient (Wildman–Crippen LogP) is 1.63. The second-order valence-corrected chi connectivity index (χ2v) is 5.87. The first-order valence-corrected chi connectivity index (χ1v) is 8.37. The van der Waals surface area contributed by atoms with Gasteiger partial charge in [0, 0.05) is 25.9 Å². The van der Waals surface area contributed by atoms with E-state index in [4.69, 9.17) is 4.74 Å². The van der Waals surface area contributed by atoms with Crippen LogP contribution in [0.15, 0.2) is 30.5 Å². The van der Waals surface area contributed by atoms with Crippen molar-refractivity contribution in [1.82, 2.24) is 20.5 Å². The first-order valence-electron chi connectivity index (χ1n) is 8.37. The molecule has 132 valence electrons. The van der Waals surface area contributed by atoms with Gasteiger partial charge in [0.1, 0.15) is 17.7 Å². The molecule has 1 amide bonds. The van der Waals surface area contributed by atoms with E-state index in [0.29, 0.717) is 31.3 Å². The lowest BCUT2D eigenvalue weighted by Crippen LogP contribution is -2.36. The first kappa shape index (κ1) is 17.1. The molecular weight excluding hydrogens is 320 g/mol. The lowest BCUT2D eigenvalue weighted by atomic mass is 10.2. The zero-order valence-electron chi connectivity index (χ0n) is 14.2. The second-order valence-electron chi connectivity index (χ2n) is 5.87. The van der Waals surface area contributed by atoms with Crippen LogP contribution in [-0.4, -0.2) is 46.9 Å². The summed E-state index contributed by atoms with van der Waals surface area (Å²) in [6.07, 6.45) is 3.25. The highest BCUT2D eigenvalue weighted by Crippen LogP contribution is 2.13. The molecule has 0 bridgehead atoms. The van der Waals surface area contributed by atoms with Crippen molar-refractivity contribution in [2.24, 2.45) is 0 Å². The fourth-order valence-corrected chi connectivity index (χ4v) is 2.44. The van der Waals surface area contributed by atoms with Crippen molar-refractivity contribution in [2.75, 3.05) is 30.3 Å². The molecule has 0 unspecified atom stereocenters. The number of aryl methyl sites for hydroxylation is 1. The molecule has 3 heterocycles. The van der Waals surface area contributed by atoms with Crippen LogP contribution in [0.3, 0.4) is 0 Å². The molecule has 0 saturated carbocycles. The van der Waals surface area contributed by atoms with Gasteiger partial charge in [-0.2, -0.15) is 0 Å². The summed E-state index contributed by atoms with van der Waals surface area (Å²) < 4.78 is 5.33. The highest BCUT2D eigenvalue weighted by molar-refractivity contribution is 5.80. The number of carbonyl (C=O) groups is 1. The Morgan fingerprint density at radius 3 is 2.64 bits per heavy atom.